The highest BCUT2D eigenvalue weighted by atomic mass is 15.2. The Kier molecular flexibility index (Phi) is 4.37. The normalized spacial score (nSPS) is 18.1. The molecular formula is C14H23N3. The van der Waals surface area contributed by atoms with Crippen molar-refractivity contribution in [1.29, 1.82) is 0 Å². The van der Waals surface area contributed by atoms with Gasteiger partial charge >= 0.3 is 0 Å². The Morgan fingerprint density at radius 1 is 1.35 bits per heavy atom. The number of hydrogen-bond donors (Lipinski definition) is 1. The summed E-state index contributed by atoms with van der Waals surface area (Å²) in [6.07, 6.45) is 7.92. The van der Waals surface area contributed by atoms with E-state index in [1.54, 1.807) is 0 Å². The molecule has 1 aliphatic rings. The van der Waals surface area contributed by atoms with Crippen molar-refractivity contribution in [2.45, 2.75) is 45.1 Å². The smallest absolute Gasteiger partial charge is 0.131 e. The summed E-state index contributed by atoms with van der Waals surface area (Å²) in [5.41, 5.74) is 7.19. The van der Waals surface area contributed by atoms with Crippen molar-refractivity contribution < 1.29 is 0 Å². The average molecular weight is 233 g/mol. The maximum absolute atomic E-state index is 5.83. The Labute approximate surface area is 104 Å². The molecule has 1 aromatic heterocycles. The van der Waals surface area contributed by atoms with Crippen LogP contribution in [0.25, 0.3) is 0 Å². The molecule has 1 aromatic rings. The van der Waals surface area contributed by atoms with Gasteiger partial charge in [0.05, 0.1) is 0 Å². The molecule has 0 amide bonds. The van der Waals surface area contributed by atoms with E-state index in [4.69, 9.17) is 5.73 Å². The van der Waals surface area contributed by atoms with Gasteiger partial charge < -0.3 is 10.6 Å². The van der Waals surface area contributed by atoms with Crippen LogP contribution in [0.4, 0.5) is 5.82 Å². The fourth-order valence-corrected chi connectivity index (χ4v) is 2.40. The number of rotatable bonds is 4. The third kappa shape index (κ3) is 3.43. The van der Waals surface area contributed by atoms with Crippen LogP contribution in [0.1, 0.15) is 38.2 Å². The first-order valence-electron chi connectivity index (χ1n) is 6.72. The van der Waals surface area contributed by atoms with Crippen LogP contribution in [-0.2, 0) is 6.42 Å². The number of nitrogens with zero attached hydrogens (tertiary/aromatic N) is 2. The largest absolute Gasteiger partial charge is 0.356 e. The predicted octanol–water partition coefficient (Wildman–Crippen LogP) is 2.35. The minimum Gasteiger partial charge on any atom is -0.356 e. The molecule has 3 heteroatoms. The van der Waals surface area contributed by atoms with Crippen molar-refractivity contribution >= 4 is 5.82 Å². The minimum atomic E-state index is 0.268. The molecule has 0 unspecified atom stereocenters. The van der Waals surface area contributed by atoms with Crippen molar-refractivity contribution in [2.75, 3.05) is 18.0 Å². The third-order valence-corrected chi connectivity index (χ3v) is 3.39. The van der Waals surface area contributed by atoms with Crippen LogP contribution in [0.15, 0.2) is 18.3 Å². The number of aryl methyl sites for hydroxylation is 1. The van der Waals surface area contributed by atoms with Crippen molar-refractivity contribution in [3.63, 3.8) is 0 Å². The summed E-state index contributed by atoms with van der Waals surface area (Å²) in [7, 11) is 0. The fraction of sp³-hybridized carbons (Fsp3) is 0.643. The molecule has 3 nitrogen and oxygen atoms in total. The molecule has 2 heterocycles. The standard InChI is InChI=1S/C14H23N3/c1-12(15)7-8-13-6-5-9-16-14(13)17-10-3-2-4-11-17/h5-6,9,12H,2-4,7-8,10-11,15H2,1H3/t12-/m1/s1. The Hall–Kier alpha value is -1.09. The Morgan fingerprint density at radius 3 is 2.82 bits per heavy atom. The van der Waals surface area contributed by atoms with E-state index in [9.17, 15) is 0 Å². The molecule has 2 rings (SSSR count). The lowest BCUT2D eigenvalue weighted by Gasteiger charge is -2.29. The molecule has 2 N–H and O–H groups in total. The van der Waals surface area contributed by atoms with E-state index >= 15 is 0 Å². The lowest BCUT2D eigenvalue weighted by molar-refractivity contribution is 0.570. The molecule has 0 spiro atoms. The van der Waals surface area contributed by atoms with Gasteiger partial charge in [0.15, 0.2) is 0 Å². The van der Waals surface area contributed by atoms with E-state index in [-0.39, 0.29) is 6.04 Å². The quantitative estimate of drug-likeness (QED) is 0.868. The number of aromatic nitrogens is 1. The molecule has 1 aliphatic heterocycles. The first-order valence-corrected chi connectivity index (χ1v) is 6.72. The highest BCUT2D eigenvalue weighted by molar-refractivity contribution is 5.47. The van der Waals surface area contributed by atoms with Crippen molar-refractivity contribution in [1.82, 2.24) is 4.98 Å². The van der Waals surface area contributed by atoms with Gasteiger partial charge in [0.1, 0.15) is 5.82 Å². The van der Waals surface area contributed by atoms with Gasteiger partial charge in [0.2, 0.25) is 0 Å². The van der Waals surface area contributed by atoms with Crippen LogP contribution in [0.2, 0.25) is 0 Å². The number of piperidine rings is 1. The van der Waals surface area contributed by atoms with E-state index in [1.165, 1.54) is 30.6 Å². The van der Waals surface area contributed by atoms with Crippen LogP contribution in [0.3, 0.4) is 0 Å². The zero-order valence-corrected chi connectivity index (χ0v) is 10.7. The number of anilines is 1. The maximum Gasteiger partial charge on any atom is 0.131 e. The molecule has 1 saturated heterocycles. The van der Waals surface area contributed by atoms with Crippen LogP contribution >= 0.6 is 0 Å². The molecule has 1 atom stereocenters. The summed E-state index contributed by atoms with van der Waals surface area (Å²) in [4.78, 5) is 7.00. The van der Waals surface area contributed by atoms with E-state index in [1.807, 2.05) is 12.3 Å². The van der Waals surface area contributed by atoms with Gasteiger partial charge in [0.25, 0.3) is 0 Å². The lowest BCUT2D eigenvalue weighted by atomic mass is 10.1. The van der Waals surface area contributed by atoms with Gasteiger partial charge in [0, 0.05) is 25.3 Å². The first-order chi connectivity index (χ1) is 8.27. The van der Waals surface area contributed by atoms with Crippen LogP contribution in [-0.4, -0.2) is 24.1 Å². The minimum absolute atomic E-state index is 0.268. The Morgan fingerprint density at radius 2 is 2.12 bits per heavy atom. The summed E-state index contributed by atoms with van der Waals surface area (Å²) >= 11 is 0. The molecule has 0 saturated carbocycles. The fourth-order valence-electron chi connectivity index (χ4n) is 2.40. The molecule has 0 aromatic carbocycles. The zero-order valence-electron chi connectivity index (χ0n) is 10.7. The van der Waals surface area contributed by atoms with Gasteiger partial charge in [-0.05, 0) is 50.7 Å². The second-order valence-corrected chi connectivity index (χ2v) is 5.05. The van der Waals surface area contributed by atoms with Crippen molar-refractivity contribution in [3.05, 3.63) is 23.9 Å². The predicted molar refractivity (Wildman–Crippen MR) is 72.3 cm³/mol. The van der Waals surface area contributed by atoms with Crippen molar-refractivity contribution in [2.24, 2.45) is 5.73 Å². The summed E-state index contributed by atoms with van der Waals surface area (Å²) in [6.45, 7) is 4.38. The van der Waals surface area contributed by atoms with Gasteiger partial charge in [-0.25, -0.2) is 4.98 Å². The summed E-state index contributed by atoms with van der Waals surface area (Å²) < 4.78 is 0. The molecule has 17 heavy (non-hydrogen) atoms. The van der Waals surface area contributed by atoms with E-state index in [0.717, 1.165) is 25.9 Å². The van der Waals surface area contributed by atoms with E-state index < -0.39 is 0 Å². The number of nitrogens with two attached hydrogens (primary N) is 1. The molecule has 0 bridgehead atoms. The average Bonchev–Trinajstić information content (AvgIpc) is 2.38. The second kappa shape index (κ2) is 6.01. The number of pyridine rings is 1. The Balaban J connectivity index is 2.09. The van der Waals surface area contributed by atoms with Crippen LogP contribution in [0, 0.1) is 0 Å². The van der Waals surface area contributed by atoms with E-state index in [2.05, 4.69) is 22.9 Å². The van der Waals surface area contributed by atoms with E-state index in [0.29, 0.717) is 0 Å². The van der Waals surface area contributed by atoms with Gasteiger partial charge in [-0.15, -0.1) is 0 Å². The van der Waals surface area contributed by atoms with Crippen LogP contribution < -0.4 is 10.6 Å². The summed E-state index contributed by atoms with van der Waals surface area (Å²) in [6, 6.07) is 4.49. The number of hydrogen-bond acceptors (Lipinski definition) is 3. The van der Waals surface area contributed by atoms with Crippen LogP contribution in [0.5, 0.6) is 0 Å². The highest BCUT2D eigenvalue weighted by Gasteiger charge is 2.15. The molecule has 1 fully saturated rings. The molecule has 0 radical (unpaired) electrons. The molecule has 94 valence electrons. The molecular weight excluding hydrogens is 210 g/mol. The van der Waals surface area contributed by atoms with Gasteiger partial charge in [-0.2, -0.15) is 0 Å². The molecule has 0 aliphatic carbocycles. The maximum atomic E-state index is 5.83. The summed E-state index contributed by atoms with van der Waals surface area (Å²) in [5.74, 6) is 1.19. The summed E-state index contributed by atoms with van der Waals surface area (Å²) in [5, 5.41) is 0. The second-order valence-electron chi connectivity index (χ2n) is 5.05. The van der Waals surface area contributed by atoms with Crippen molar-refractivity contribution in [3.8, 4) is 0 Å². The SMILES string of the molecule is C[C@@H](N)CCc1cccnc1N1CCCCC1. The third-order valence-electron chi connectivity index (χ3n) is 3.39. The van der Waals surface area contributed by atoms with Gasteiger partial charge in [-0.3, -0.25) is 0 Å². The highest BCUT2D eigenvalue weighted by Crippen LogP contribution is 2.22. The Bertz CT molecular complexity index is 343. The first kappa shape index (κ1) is 12.4. The monoisotopic (exact) mass is 233 g/mol. The van der Waals surface area contributed by atoms with Gasteiger partial charge in [-0.1, -0.05) is 6.07 Å². The topological polar surface area (TPSA) is 42.1 Å². The lowest BCUT2D eigenvalue weighted by Crippen LogP contribution is -2.31. The zero-order chi connectivity index (χ0) is 12.1.